The quantitative estimate of drug-likeness (QED) is 0.0501. The average Bonchev–Trinajstić information content (AvgIpc) is 3.04. The van der Waals surface area contributed by atoms with Crippen LogP contribution in [0.25, 0.3) is 0 Å². The van der Waals surface area contributed by atoms with Crippen LogP contribution in [0.15, 0.2) is 60.8 Å². The summed E-state index contributed by atoms with van der Waals surface area (Å²) in [5.41, 5.74) is 0. The van der Waals surface area contributed by atoms with Gasteiger partial charge in [0.05, 0.1) is 18.8 Å². The van der Waals surface area contributed by atoms with Crippen molar-refractivity contribution in [1.82, 2.24) is 5.32 Å². The van der Waals surface area contributed by atoms with E-state index in [-0.39, 0.29) is 12.5 Å². The minimum absolute atomic E-state index is 0.146. The molecule has 0 aliphatic heterocycles. The first-order valence-corrected chi connectivity index (χ1v) is 19.0. The van der Waals surface area contributed by atoms with Crippen molar-refractivity contribution in [3.8, 4) is 0 Å². The molecule has 0 saturated carbocycles. The molecule has 2 atom stereocenters. The van der Waals surface area contributed by atoms with E-state index in [1.807, 2.05) is 12.2 Å². The second-order valence-electron chi connectivity index (χ2n) is 12.6. The molecule has 0 rings (SSSR count). The van der Waals surface area contributed by atoms with Crippen molar-refractivity contribution in [1.29, 1.82) is 0 Å². The van der Waals surface area contributed by atoms with Crippen LogP contribution in [-0.4, -0.2) is 34.9 Å². The second-order valence-corrected chi connectivity index (χ2v) is 12.6. The summed E-state index contributed by atoms with van der Waals surface area (Å²) in [6.07, 6.45) is 50.4. The lowest BCUT2D eigenvalue weighted by Gasteiger charge is -2.19. The SMILES string of the molecule is CC/C=C\C/C=C\C/C=C\C/C=C\CCC(=O)NC(CO)C(O)/C=C/CCCCCCCCCCCCCCCCCCCC. The topological polar surface area (TPSA) is 69.6 Å². The van der Waals surface area contributed by atoms with Gasteiger partial charge in [-0.2, -0.15) is 0 Å². The van der Waals surface area contributed by atoms with Gasteiger partial charge in [-0.05, 0) is 44.9 Å². The Hall–Kier alpha value is -1.91. The van der Waals surface area contributed by atoms with Gasteiger partial charge in [0, 0.05) is 6.42 Å². The maximum atomic E-state index is 12.3. The van der Waals surface area contributed by atoms with E-state index >= 15 is 0 Å². The molecule has 0 aromatic heterocycles. The molecule has 0 spiro atoms. The van der Waals surface area contributed by atoms with Gasteiger partial charge in [0.1, 0.15) is 0 Å². The molecule has 0 heterocycles. The van der Waals surface area contributed by atoms with E-state index in [0.29, 0.717) is 12.8 Å². The monoisotopic (exact) mass is 628 g/mol. The molecule has 0 radical (unpaired) electrons. The number of unbranched alkanes of at least 4 members (excludes halogenated alkanes) is 18. The smallest absolute Gasteiger partial charge is 0.220 e. The number of hydrogen-bond donors (Lipinski definition) is 3. The zero-order chi connectivity index (χ0) is 32.9. The highest BCUT2D eigenvalue weighted by Crippen LogP contribution is 2.15. The van der Waals surface area contributed by atoms with Crippen LogP contribution in [0.1, 0.15) is 174 Å². The molecule has 0 saturated heterocycles. The molecular weight excluding hydrogens is 554 g/mol. The first-order valence-electron chi connectivity index (χ1n) is 19.0. The van der Waals surface area contributed by atoms with Crippen LogP contribution in [0, 0.1) is 0 Å². The van der Waals surface area contributed by atoms with Crippen LogP contribution in [0.4, 0.5) is 0 Å². The average molecular weight is 628 g/mol. The third-order valence-electron chi connectivity index (χ3n) is 8.27. The Morgan fingerprint density at radius 2 is 0.978 bits per heavy atom. The summed E-state index contributed by atoms with van der Waals surface area (Å²) in [4.78, 5) is 12.3. The predicted molar refractivity (Wildman–Crippen MR) is 197 cm³/mol. The van der Waals surface area contributed by atoms with E-state index in [4.69, 9.17) is 0 Å². The lowest BCUT2D eigenvalue weighted by atomic mass is 10.0. The predicted octanol–water partition coefficient (Wildman–Crippen LogP) is 11.4. The molecule has 4 heteroatoms. The molecule has 4 nitrogen and oxygen atoms in total. The van der Waals surface area contributed by atoms with Gasteiger partial charge in [-0.1, -0.05) is 184 Å². The Kier molecular flexibility index (Phi) is 35.0. The van der Waals surface area contributed by atoms with E-state index in [2.05, 4.69) is 61.7 Å². The molecular formula is C41H73NO3. The van der Waals surface area contributed by atoms with E-state index < -0.39 is 12.1 Å². The van der Waals surface area contributed by atoms with Crippen molar-refractivity contribution < 1.29 is 15.0 Å². The molecule has 1 amide bonds. The molecule has 45 heavy (non-hydrogen) atoms. The summed E-state index contributed by atoms with van der Waals surface area (Å²) in [6.45, 7) is 4.15. The first-order chi connectivity index (χ1) is 22.2. The van der Waals surface area contributed by atoms with Gasteiger partial charge in [0.25, 0.3) is 0 Å². The maximum Gasteiger partial charge on any atom is 0.220 e. The molecule has 260 valence electrons. The van der Waals surface area contributed by atoms with Crippen molar-refractivity contribution in [2.24, 2.45) is 0 Å². The van der Waals surface area contributed by atoms with Crippen LogP contribution < -0.4 is 5.32 Å². The van der Waals surface area contributed by atoms with Crippen molar-refractivity contribution >= 4 is 5.91 Å². The molecule has 2 unspecified atom stereocenters. The largest absolute Gasteiger partial charge is 0.394 e. The summed E-state index contributed by atoms with van der Waals surface area (Å²) >= 11 is 0. The van der Waals surface area contributed by atoms with Crippen molar-refractivity contribution in [2.75, 3.05) is 6.61 Å². The molecule has 0 aliphatic carbocycles. The fourth-order valence-corrected chi connectivity index (χ4v) is 5.36. The minimum atomic E-state index is -0.869. The third-order valence-corrected chi connectivity index (χ3v) is 8.27. The van der Waals surface area contributed by atoms with Gasteiger partial charge in [0.2, 0.25) is 5.91 Å². The number of nitrogens with one attached hydrogen (secondary N) is 1. The summed E-state index contributed by atoms with van der Waals surface area (Å²) < 4.78 is 0. The van der Waals surface area contributed by atoms with Crippen molar-refractivity contribution in [3.63, 3.8) is 0 Å². The Bertz CT molecular complexity index is 767. The van der Waals surface area contributed by atoms with Gasteiger partial charge in [-0.25, -0.2) is 0 Å². The van der Waals surface area contributed by atoms with E-state index in [0.717, 1.165) is 38.5 Å². The van der Waals surface area contributed by atoms with Crippen LogP contribution in [0.5, 0.6) is 0 Å². The summed E-state index contributed by atoms with van der Waals surface area (Å²) in [5.74, 6) is -0.146. The van der Waals surface area contributed by atoms with Crippen LogP contribution >= 0.6 is 0 Å². The standard InChI is InChI=1S/C41H73NO3/c1-3-5-7-9-11-13-15-17-18-19-20-21-22-23-25-26-28-30-32-34-36-40(44)39(38-43)42-41(45)37-35-33-31-29-27-24-16-14-12-10-8-6-4-2/h6,8,12,14,24,27,31,33-34,36,39-40,43-44H,3-5,7,9-11,13,15-23,25-26,28-30,32,35,37-38H2,1-2H3,(H,42,45)/b8-6-,14-12-,27-24-,33-31-,36-34+. The Balaban J connectivity index is 3.68. The Labute approximate surface area is 279 Å². The number of carbonyl (C=O) groups is 1. The molecule has 0 aliphatic rings. The molecule has 0 fully saturated rings. The number of aliphatic hydroxyl groups is 2. The first kappa shape index (κ1) is 43.1. The highest BCUT2D eigenvalue weighted by atomic mass is 16.3. The van der Waals surface area contributed by atoms with Crippen LogP contribution in [0.3, 0.4) is 0 Å². The zero-order valence-corrected chi connectivity index (χ0v) is 29.6. The van der Waals surface area contributed by atoms with Crippen molar-refractivity contribution in [2.45, 2.75) is 187 Å². The summed E-state index contributed by atoms with van der Waals surface area (Å²) in [7, 11) is 0. The lowest BCUT2D eigenvalue weighted by molar-refractivity contribution is -0.122. The highest BCUT2D eigenvalue weighted by Gasteiger charge is 2.17. The fraction of sp³-hybridized carbons (Fsp3) is 0.732. The summed E-state index contributed by atoms with van der Waals surface area (Å²) in [6, 6.07) is -0.661. The van der Waals surface area contributed by atoms with Gasteiger partial charge in [-0.3, -0.25) is 4.79 Å². The number of carbonyl (C=O) groups excluding carboxylic acids is 1. The number of aliphatic hydroxyl groups excluding tert-OH is 2. The van der Waals surface area contributed by atoms with Gasteiger partial charge >= 0.3 is 0 Å². The van der Waals surface area contributed by atoms with E-state index in [1.165, 1.54) is 109 Å². The number of rotatable bonds is 33. The molecule has 0 aromatic rings. The Morgan fingerprint density at radius 3 is 1.42 bits per heavy atom. The molecule has 0 bridgehead atoms. The molecule has 0 aromatic carbocycles. The third kappa shape index (κ3) is 33.3. The maximum absolute atomic E-state index is 12.3. The fourth-order valence-electron chi connectivity index (χ4n) is 5.36. The van der Waals surface area contributed by atoms with Gasteiger partial charge < -0.3 is 15.5 Å². The van der Waals surface area contributed by atoms with E-state index in [1.54, 1.807) is 6.08 Å². The van der Waals surface area contributed by atoms with Gasteiger partial charge in [0.15, 0.2) is 0 Å². The Morgan fingerprint density at radius 1 is 0.556 bits per heavy atom. The van der Waals surface area contributed by atoms with Crippen molar-refractivity contribution in [3.05, 3.63) is 60.8 Å². The molecule has 3 N–H and O–H groups in total. The van der Waals surface area contributed by atoms with E-state index in [9.17, 15) is 15.0 Å². The van der Waals surface area contributed by atoms with Gasteiger partial charge in [-0.15, -0.1) is 0 Å². The highest BCUT2D eigenvalue weighted by molar-refractivity contribution is 5.76. The zero-order valence-electron chi connectivity index (χ0n) is 29.6. The number of hydrogen-bond acceptors (Lipinski definition) is 3. The number of allylic oxidation sites excluding steroid dienone is 9. The summed E-state index contributed by atoms with van der Waals surface area (Å²) in [5, 5.41) is 22.8. The lowest BCUT2D eigenvalue weighted by Crippen LogP contribution is -2.45. The van der Waals surface area contributed by atoms with Crippen LogP contribution in [0.2, 0.25) is 0 Å². The normalized spacial score (nSPS) is 13.8. The van der Waals surface area contributed by atoms with Crippen LogP contribution in [-0.2, 0) is 4.79 Å². The second kappa shape index (κ2) is 36.6. The number of amides is 1. The minimum Gasteiger partial charge on any atom is -0.394 e.